The van der Waals surface area contributed by atoms with Gasteiger partial charge in [-0.05, 0) is 42.5 Å². The van der Waals surface area contributed by atoms with Gasteiger partial charge in [0.25, 0.3) is 5.56 Å². The van der Waals surface area contributed by atoms with E-state index in [4.69, 9.17) is 0 Å². The molecule has 0 saturated heterocycles. The van der Waals surface area contributed by atoms with Gasteiger partial charge >= 0.3 is 0 Å². The number of nitrogens with one attached hydrogen (secondary N) is 1. The molecule has 6 nitrogen and oxygen atoms in total. The van der Waals surface area contributed by atoms with E-state index in [1.165, 1.54) is 15.8 Å². The topological polar surface area (TPSA) is 76.9 Å². The summed E-state index contributed by atoms with van der Waals surface area (Å²) in [6.07, 6.45) is 3.00. The van der Waals surface area contributed by atoms with Gasteiger partial charge in [-0.3, -0.25) is 9.59 Å². The average Bonchev–Trinajstić information content (AvgIpc) is 2.67. The summed E-state index contributed by atoms with van der Waals surface area (Å²) in [6.45, 7) is 0.228. The molecule has 1 aliphatic carbocycles. The summed E-state index contributed by atoms with van der Waals surface area (Å²) >= 11 is 0. The second kappa shape index (κ2) is 7.07. The number of amides is 1. The molecule has 1 amide bonds. The number of rotatable bonds is 4. The fraction of sp³-hybridized carbons (Fsp3) is 0.300. The molecule has 2 aromatic carbocycles. The molecule has 0 unspecified atom stereocenters. The molecule has 0 radical (unpaired) electrons. The number of fused-ring (bicyclic) bond motifs is 2. The summed E-state index contributed by atoms with van der Waals surface area (Å²) in [4.78, 5) is 24.7. The Morgan fingerprint density at radius 2 is 1.88 bits per heavy atom. The summed E-state index contributed by atoms with van der Waals surface area (Å²) in [5.41, 5.74) is 3.03. The maximum Gasteiger partial charge on any atom is 0.277 e. The van der Waals surface area contributed by atoms with Crippen molar-refractivity contribution in [2.24, 2.45) is 0 Å². The lowest BCUT2D eigenvalue weighted by atomic mass is 9.88. The van der Waals surface area contributed by atoms with Crippen molar-refractivity contribution < 1.29 is 4.79 Å². The predicted molar refractivity (Wildman–Crippen MR) is 98.8 cm³/mol. The van der Waals surface area contributed by atoms with Crippen LogP contribution in [-0.2, 0) is 24.2 Å². The van der Waals surface area contributed by atoms with Gasteiger partial charge in [-0.2, -0.15) is 0 Å². The fourth-order valence-electron chi connectivity index (χ4n) is 3.50. The van der Waals surface area contributed by atoms with Crippen molar-refractivity contribution in [1.29, 1.82) is 0 Å². The summed E-state index contributed by atoms with van der Waals surface area (Å²) in [5.74, 6) is -0.0590. The molecule has 4 rings (SSSR count). The second-order valence-corrected chi connectivity index (χ2v) is 6.66. The summed E-state index contributed by atoms with van der Waals surface area (Å²) in [7, 11) is 0. The van der Waals surface area contributed by atoms with Crippen molar-refractivity contribution in [2.45, 2.75) is 38.3 Å². The molecule has 3 aromatic rings. The minimum absolute atomic E-state index is 0.0590. The fourth-order valence-corrected chi connectivity index (χ4v) is 3.50. The number of aryl methyl sites for hydroxylation is 2. The Morgan fingerprint density at radius 1 is 1.12 bits per heavy atom. The number of carbonyl (C=O) groups is 1. The third-order valence-corrected chi connectivity index (χ3v) is 4.89. The highest BCUT2D eigenvalue weighted by atomic mass is 16.2. The van der Waals surface area contributed by atoms with Crippen LogP contribution in [0.5, 0.6) is 0 Å². The van der Waals surface area contributed by atoms with Crippen LogP contribution >= 0.6 is 0 Å². The molecule has 0 bridgehead atoms. The zero-order chi connectivity index (χ0) is 17.9. The first-order chi connectivity index (χ1) is 12.7. The van der Waals surface area contributed by atoms with Crippen LogP contribution in [0.1, 0.15) is 24.0 Å². The van der Waals surface area contributed by atoms with Gasteiger partial charge in [-0.1, -0.05) is 41.6 Å². The Labute approximate surface area is 150 Å². The molecule has 0 spiro atoms. The lowest BCUT2D eigenvalue weighted by Crippen LogP contribution is -2.39. The smallest absolute Gasteiger partial charge is 0.277 e. The van der Waals surface area contributed by atoms with Crippen molar-refractivity contribution in [1.82, 2.24) is 20.3 Å². The van der Waals surface area contributed by atoms with Crippen molar-refractivity contribution in [3.8, 4) is 0 Å². The predicted octanol–water partition coefficient (Wildman–Crippen LogP) is 1.86. The van der Waals surface area contributed by atoms with Gasteiger partial charge < -0.3 is 5.32 Å². The molecule has 1 aromatic heterocycles. The van der Waals surface area contributed by atoms with Gasteiger partial charge in [0.1, 0.15) is 5.52 Å². The zero-order valence-corrected chi connectivity index (χ0v) is 14.4. The van der Waals surface area contributed by atoms with E-state index in [0.717, 1.165) is 19.3 Å². The van der Waals surface area contributed by atoms with Gasteiger partial charge in [0.2, 0.25) is 5.91 Å². The van der Waals surface area contributed by atoms with Crippen LogP contribution in [0.3, 0.4) is 0 Å². The maximum atomic E-state index is 12.4. The second-order valence-electron chi connectivity index (χ2n) is 6.66. The molecule has 1 N–H and O–H groups in total. The Balaban J connectivity index is 1.38. The number of aromatic nitrogens is 3. The number of hydrogen-bond acceptors (Lipinski definition) is 4. The highest BCUT2D eigenvalue weighted by Crippen LogP contribution is 2.21. The number of hydrogen-bond donors (Lipinski definition) is 1. The van der Waals surface area contributed by atoms with E-state index in [1.807, 2.05) is 12.1 Å². The highest BCUT2D eigenvalue weighted by Gasteiger charge is 2.19. The molecule has 1 atom stereocenters. The molecule has 0 saturated carbocycles. The van der Waals surface area contributed by atoms with Crippen LogP contribution < -0.4 is 10.9 Å². The average molecular weight is 348 g/mol. The molecule has 26 heavy (non-hydrogen) atoms. The summed E-state index contributed by atoms with van der Waals surface area (Å²) in [5, 5.41) is 11.6. The maximum absolute atomic E-state index is 12.4. The Bertz CT molecular complexity index is 1010. The molecule has 0 aliphatic heterocycles. The molecule has 0 fully saturated rings. The Morgan fingerprint density at radius 3 is 2.77 bits per heavy atom. The van der Waals surface area contributed by atoms with Crippen LogP contribution in [0.2, 0.25) is 0 Å². The molecule has 1 heterocycles. The van der Waals surface area contributed by atoms with Crippen molar-refractivity contribution in [3.05, 3.63) is 70.0 Å². The first-order valence-corrected chi connectivity index (χ1v) is 8.89. The SMILES string of the molecule is O=C(CCn1nnc2ccccc2c1=O)N[C@@H]1CCc2ccccc2C1. The Hall–Kier alpha value is -3.02. The van der Waals surface area contributed by atoms with E-state index in [-0.39, 0.29) is 30.5 Å². The van der Waals surface area contributed by atoms with E-state index in [0.29, 0.717) is 10.9 Å². The lowest BCUT2D eigenvalue weighted by molar-refractivity contribution is -0.122. The normalized spacial score (nSPS) is 16.2. The zero-order valence-electron chi connectivity index (χ0n) is 14.4. The van der Waals surface area contributed by atoms with Crippen molar-refractivity contribution in [2.75, 3.05) is 0 Å². The van der Waals surface area contributed by atoms with Gasteiger partial charge in [0.15, 0.2) is 0 Å². The van der Waals surface area contributed by atoms with Gasteiger partial charge in [0, 0.05) is 12.5 Å². The third kappa shape index (κ3) is 3.35. The quantitative estimate of drug-likeness (QED) is 0.781. The van der Waals surface area contributed by atoms with E-state index < -0.39 is 0 Å². The van der Waals surface area contributed by atoms with Gasteiger partial charge in [-0.15, -0.1) is 5.10 Å². The van der Waals surface area contributed by atoms with Crippen LogP contribution in [0.15, 0.2) is 53.3 Å². The molecule has 132 valence electrons. The van der Waals surface area contributed by atoms with Crippen LogP contribution in [0.25, 0.3) is 10.9 Å². The van der Waals surface area contributed by atoms with Crippen LogP contribution in [-0.4, -0.2) is 26.9 Å². The summed E-state index contributed by atoms with van der Waals surface area (Å²) < 4.78 is 1.26. The number of benzene rings is 2. The minimum atomic E-state index is -0.213. The van der Waals surface area contributed by atoms with Crippen LogP contribution in [0, 0.1) is 0 Å². The van der Waals surface area contributed by atoms with E-state index >= 15 is 0 Å². The van der Waals surface area contributed by atoms with Crippen molar-refractivity contribution >= 4 is 16.8 Å². The van der Waals surface area contributed by atoms with Gasteiger partial charge in [-0.25, -0.2) is 4.68 Å². The minimum Gasteiger partial charge on any atom is -0.353 e. The molecular formula is C20H20N4O2. The monoisotopic (exact) mass is 348 g/mol. The number of nitrogens with zero attached hydrogens (tertiary/aromatic N) is 3. The van der Waals surface area contributed by atoms with E-state index in [2.05, 4.69) is 33.8 Å². The molecule has 6 heteroatoms. The summed E-state index contributed by atoms with van der Waals surface area (Å²) in [6, 6.07) is 15.6. The highest BCUT2D eigenvalue weighted by molar-refractivity contribution is 5.77. The van der Waals surface area contributed by atoms with E-state index in [1.54, 1.807) is 18.2 Å². The molecular weight excluding hydrogens is 328 g/mol. The van der Waals surface area contributed by atoms with Crippen molar-refractivity contribution in [3.63, 3.8) is 0 Å². The standard InChI is InChI=1S/C20H20N4O2/c25-19(21-16-10-9-14-5-1-2-6-15(14)13-16)11-12-24-20(26)17-7-3-4-8-18(17)22-23-24/h1-8,16H,9-13H2,(H,21,25)/t16-/m1/s1. The first kappa shape index (κ1) is 16.4. The first-order valence-electron chi connectivity index (χ1n) is 8.89. The Kier molecular flexibility index (Phi) is 4.48. The van der Waals surface area contributed by atoms with Gasteiger partial charge in [0.05, 0.1) is 11.9 Å². The van der Waals surface area contributed by atoms with Crippen LogP contribution in [0.4, 0.5) is 0 Å². The van der Waals surface area contributed by atoms with E-state index in [9.17, 15) is 9.59 Å². The largest absolute Gasteiger partial charge is 0.353 e. The molecule has 1 aliphatic rings. The third-order valence-electron chi connectivity index (χ3n) is 4.89. The lowest BCUT2D eigenvalue weighted by Gasteiger charge is -2.25. The number of carbonyl (C=O) groups excluding carboxylic acids is 1.